The Morgan fingerprint density at radius 3 is 0.605 bits per heavy atom. The van der Waals surface area contributed by atoms with Crippen molar-refractivity contribution >= 4 is 112 Å². The summed E-state index contributed by atoms with van der Waals surface area (Å²) in [5.41, 5.74) is 12.7. The van der Waals surface area contributed by atoms with E-state index >= 15 is 38.4 Å². The number of carbonyl (C=O) groups excluding carboxylic acids is 8. The van der Waals surface area contributed by atoms with Gasteiger partial charge in [-0.25, -0.2) is 38.4 Å². The van der Waals surface area contributed by atoms with Gasteiger partial charge in [-0.1, -0.05) is 63.7 Å². The van der Waals surface area contributed by atoms with Crippen LogP contribution in [0, 0.1) is 0 Å². The van der Waals surface area contributed by atoms with Crippen molar-refractivity contribution < 1.29 is 119 Å². The number of aliphatic hydroxyl groups is 12. The largest absolute Gasteiger partial charge is 0.492 e. The van der Waals surface area contributed by atoms with Gasteiger partial charge >= 0.3 is 48.2 Å². The summed E-state index contributed by atoms with van der Waals surface area (Å²) >= 11 is 13.8. The molecule has 0 atom stereocenters. The SMILES string of the molecule is CC12N3Cc4c(OCCBr)ccc(OCCBr)c4CN1C(=O)N1CN4C(=O)N5CN6C(=O)N7CN8C(=O)N9Cc%10c(OCCBr)ccc(OCCBr)c%10CN%10C(=O)N(CN%11C(=O)N(CN%12C(=O)N(CN(C3=O)C12C)C4C%125)C6C%117)C8(C)C%109C.NC(CO)(CO)CO.NC(CO)(CO)CO.NC(CO)(CO)CO.NC(CO)(CO)CO. The van der Waals surface area contributed by atoms with Crippen LogP contribution in [-0.4, -0.2) is 424 Å². The van der Waals surface area contributed by atoms with Crippen LogP contribution in [0.2, 0.25) is 0 Å². The number of hydrogen-bond acceptors (Lipinski definition) is 28. The maximum Gasteiger partial charge on any atom is 0.326 e. The molecule has 48 heteroatoms. The predicted octanol–water partition coefficient (Wildman–Crippen LogP) is -4.99. The maximum absolute atomic E-state index is 15.5. The summed E-state index contributed by atoms with van der Waals surface area (Å²) in [6, 6.07) is 3.02. The lowest BCUT2D eigenvalue weighted by Gasteiger charge is -2.49. The summed E-state index contributed by atoms with van der Waals surface area (Å²) in [5.74, 6) is 2.12. The standard InChI is InChI=1S/C50H56Br4N16O12.4C4H11NO3/c1-47-49(3)67-23-59-37-35-55(39(59)71)21-57-36-38-61(41(57)73)25-69-45(77)65-19-29-30(34(82-16-12-54)8-7-33(29)81-15-11-53)20-66-46(78)70(50(69,4)48(65,66)2)26-62(38)42(74)58(36)22-56(35)40(72)60(37)24-68(49)44(76)64(47)18-28-27(17-63(47)43(67)75)31(79-13-9-51)5-6-32(28)80-14-10-52;4*5-4(1-6,2-7)3-8/h5-8,35-38H,9-26H2,1-4H3;4*6-8H,1-3,5H2. The first-order valence-corrected chi connectivity index (χ1v) is 40.7. The highest BCUT2D eigenvalue weighted by atomic mass is 79.9. The van der Waals surface area contributed by atoms with E-state index in [-0.39, 0.29) is 52.9 Å². The Kier molecular flexibility index (Phi) is 25.8. The Morgan fingerprint density at radius 1 is 0.298 bits per heavy atom. The number of urea groups is 8. The molecule has 16 amide bonds. The number of alkyl halides is 4. The van der Waals surface area contributed by atoms with Gasteiger partial charge in [-0.15, -0.1) is 0 Å². The average molecular weight is 1880 g/mol. The maximum atomic E-state index is 15.5. The number of hydrogen-bond donors (Lipinski definition) is 16. The normalized spacial score (nSPS) is 26.6. The average Bonchev–Trinajstić information content (AvgIpc) is 1.49. The second kappa shape index (κ2) is 33.5. The van der Waals surface area contributed by atoms with Gasteiger partial charge in [0.1, 0.15) is 63.0 Å². The van der Waals surface area contributed by atoms with Gasteiger partial charge in [-0.2, -0.15) is 0 Å². The quantitative estimate of drug-likeness (QED) is 0.0438. The summed E-state index contributed by atoms with van der Waals surface area (Å²) in [4.78, 5) is 148. The highest BCUT2D eigenvalue weighted by Crippen LogP contribution is 2.60. The fraction of sp³-hybridized carbons (Fsp3) is 0.697. The van der Waals surface area contributed by atoms with E-state index < -0.39 is 210 Å². The van der Waals surface area contributed by atoms with Gasteiger partial charge in [0.15, 0.2) is 47.3 Å². The number of amides is 16. The zero-order chi connectivity index (χ0) is 83.7. The molecule has 13 aliphatic rings. The van der Waals surface area contributed by atoms with Crippen molar-refractivity contribution in [3.8, 4) is 23.0 Å². The van der Waals surface area contributed by atoms with Crippen molar-refractivity contribution in [1.29, 1.82) is 0 Å². The fourth-order valence-electron chi connectivity index (χ4n) is 16.4. The van der Waals surface area contributed by atoms with E-state index in [2.05, 4.69) is 63.7 Å². The molecule has 114 heavy (non-hydrogen) atoms. The van der Waals surface area contributed by atoms with E-state index in [4.69, 9.17) is 103 Å². The van der Waals surface area contributed by atoms with E-state index in [0.717, 1.165) is 0 Å². The van der Waals surface area contributed by atoms with Crippen LogP contribution in [-0.2, 0) is 26.2 Å². The van der Waals surface area contributed by atoms with E-state index in [1.807, 2.05) is 13.8 Å². The van der Waals surface area contributed by atoms with Crippen LogP contribution in [0.15, 0.2) is 24.3 Å². The van der Waals surface area contributed by atoms with Gasteiger partial charge < -0.3 is 103 Å². The third-order valence-corrected chi connectivity index (χ3v) is 25.1. The molecule has 11 fully saturated rings. The molecule has 0 bridgehead atoms. The van der Waals surface area contributed by atoms with Crippen LogP contribution >= 0.6 is 63.7 Å². The summed E-state index contributed by atoms with van der Waals surface area (Å²) in [6.45, 7) is 1.60. The van der Waals surface area contributed by atoms with Crippen LogP contribution in [0.3, 0.4) is 0 Å². The van der Waals surface area contributed by atoms with Gasteiger partial charge in [0.05, 0.1) is 154 Å². The van der Waals surface area contributed by atoms with Gasteiger partial charge in [0.25, 0.3) is 0 Å². The van der Waals surface area contributed by atoms with Crippen molar-refractivity contribution in [3.63, 3.8) is 0 Å². The van der Waals surface area contributed by atoms with Crippen molar-refractivity contribution in [2.24, 2.45) is 22.9 Å². The van der Waals surface area contributed by atoms with Crippen molar-refractivity contribution in [3.05, 3.63) is 46.5 Å². The zero-order valence-electron chi connectivity index (χ0n) is 63.1. The molecule has 0 unspecified atom stereocenters. The molecule has 0 saturated carbocycles. The molecule has 13 heterocycles. The number of aliphatic hydroxyl groups excluding tert-OH is 12. The monoisotopic (exact) mass is 1870 g/mol. The topological polar surface area (TPSA) is 572 Å². The molecule has 13 aliphatic heterocycles. The Bertz CT molecular complexity index is 3470. The molecule has 0 aromatic heterocycles. The lowest BCUT2D eigenvalue weighted by atomic mass is 9.95. The number of carbonyl (C=O) groups is 8. The van der Waals surface area contributed by atoms with E-state index in [1.54, 1.807) is 57.7 Å². The predicted molar refractivity (Wildman–Crippen MR) is 408 cm³/mol. The summed E-state index contributed by atoms with van der Waals surface area (Å²) in [7, 11) is 0. The second-order valence-corrected chi connectivity index (χ2v) is 33.4. The number of nitrogens with zero attached hydrogens (tertiary/aromatic N) is 16. The third-order valence-electron chi connectivity index (χ3n) is 23.8. The number of nitrogens with two attached hydrogens (primary N) is 4. The van der Waals surface area contributed by atoms with Crippen LogP contribution in [0.1, 0.15) is 49.9 Å². The lowest BCUT2D eigenvalue weighted by molar-refractivity contribution is -0.0871. The Labute approximate surface area is 687 Å². The number of benzene rings is 2. The van der Waals surface area contributed by atoms with Crippen LogP contribution in [0.4, 0.5) is 38.4 Å². The highest BCUT2D eigenvalue weighted by molar-refractivity contribution is 9.09. The fourth-order valence-corrected chi connectivity index (χ4v) is 17.0. The molecule has 20 N–H and O–H groups in total. The minimum atomic E-state index is -1.48. The number of halogens is 4. The smallest absolute Gasteiger partial charge is 0.326 e. The second-order valence-electron chi connectivity index (χ2n) is 30.2. The van der Waals surface area contributed by atoms with Gasteiger partial charge in [-0.3, -0.25) is 78.4 Å². The molecule has 0 aliphatic carbocycles. The Balaban J connectivity index is 0.000000337. The molecular formula is C66H100Br4N20O24. The molecular weight excluding hydrogens is 1780 g/mol. The number of ether oxygens (including phenoxy) is 4. The van der Waals surface area contributed by atoms with Crippen molar-refractivity contribution in [2.75, 3.05) is 167 Å². The minimum Gasteiger partial charge on any atom is -0.492 e. The van der Waals surface area contributed by atoms with Gasteiger partial charge in [0, 0.05) is 43.6 Å². The van der Waals surface area contributed by atoms with E-state index in [1.165, 1.54) is 58.8 Å². The number of fused-ring (bicyclic) bond motifs is 2. The molecule has 11 saturated heterocycles. The van der Waals surface area contributed by atoms with Crippen molar-refractivity contribution in [2.45, 2.75) is 123 Å². The van der Waals surface area contributed by atoms with E-state index in [0.29, 0.717) is 93.0 Å². The first-order chi connectivity index (χ1) is 54.1. The lowest BCUT2D eigenvalue weighted by Crippen LogP contribution is -2.69. The molecule has 636 valence electrons. The first kappa shape index (κ1) is 87.9. The third kappa shape index (κ3) is 13.6. The summed E-state index contributed by atoms with van der Waals surface area (Å²) in [6.07, 6.45) is -4.42. The zero-order valence-corrected chi connectivity index (χ0v) is 69.4. The van der Waals surface area contributed by atoms with Gasteiger partial charge in [-0.05, 0) is 52.0 Å². The molecule has 0 radical (unpaired) electrons. The van der Waals surface area contributed by atoms with Crippen LogP contribution < -0.4 is 41.9 Å². The highest BCUT2D eigenvalue weighted by Gasteiger charge is 2.80. The summed E-state index contributed by atoms with van der Waals surface area (Å²) in [5, 5.41) is 102. The van der Waals surface area contributed by atoms with Gasteiger partial charge in [0.2, 0.25) is 0 Å². The van der Waals surface area contributed by atoms with Crippen LogP contribution in [0.25, 0.3) is 0 Å². The first-order valence-electron chi connectivity index (χ1n) is 36.3. The van der Waals surface area contributed by atoms with Crippen molar-refractivity contribution in [1.82, 2.24) is 78.4 Å². The molecule has 0 spiro atoms. The summed E-state index contributed by atoms with van der Waals surface area (Å²) < 4.78 is 24.9. The molecule has 2 aromatic carbocycles. The molecule has 44 nitrogen and oxygen atoms in total. The van der Waals surface area contributed by atoms with E-state index in [9.17, 15) is 0 Å². The Hall–Kier alpha value is -6.92. The Morgan fingerprint density at radius 2 is 0.456 bits per heavy atom. The number of rotatable bonds is 24. The minimum absolute atomic E-state index is 0.0240. The van der Waals surface area contributed by atoms with Crippen LogP contribution in [0.5, 0.6) is 23.0 Å². The molecule has 15 rings (SSSR count). The molecule has 2 aromatic rings.